The van der Waals surface area contributed by atoms with E-state index in [4.69, 9.17) is 0 Å². The van der Waals surface area contributed by atoms with E-state index >= 15 is 0 Å². The summed E-state index contributed by atoms with van der Waals surface area (Å²) in [6.45, 7) is 0. The summed E-state index contributed by atoms with van der Waals surface area (Å²) in [6, 6.07) is 0. The summed E-state index contributed by atoms with van der Waals surface area (Å²) in [5, 5.41) is 0. The van der Waals surface area contributed by atoms with Crippen molar-refractivity contribution < 1.29 is 38.4 Å². The van der Waals surface area contributed by atoms with Gasteiger partial charge in [-0.2, -0.15) is 0 Å². The van der Waals surface area contributed by atoms with E-state index in [9.17, 15) is 38.4 Å². The molecule has 8 nitrogen and oxygen atoms in total. The molecule has 12 fully saturated rings. The minimum atomic E-state index is 0.0384. The summed E-state index contributed by atoms with van der Waals surface area (Å²) in [4.78, 5) is 88.1. The third-order valence-corrected chi connectivity index (χ3v) is 25.3. The van der Waals surface area contributed by atoms with Crippen LogP contribution in [-0.4, -0.2) is 50.3 Å². The fourth-order valence-electron chi connectivity index (χ4n) is 24.0. The molecule has 12 saturated carbocycles. The molecule has 16 aliphatic rings. The Morgan fingerprint density at radius 2 is 0.529 bits per heavy atom. The Labute approximate surface area is 414 Å². The Hall–Kier alpha value is -3.68. The van der Waals surface area contributed by atoms with Crippen LogP contribution in [0.4, 0.5) is 0 Å². The van der Waals surface area contributed by atoms with E-state index in [0.29, 0.717) is 78.9 Å². The SMILES string of the molecule is O=CC1C(C=O)C2CC1C1C3C=CC(C3)C21.O=CCC1C(C=O)C2CC1C1C3C=CC(C3)C21.O=CCC1C(CC=O)C2CC1C1C3C=CC(C3)C21.O=CCCC1C(CC=O)C2CC1C1C3C=CC(C3)C21. The van der Waals surface area contributed by atoms with Crippen LogP contribution < -0.4 is 0 Å². The van der Waals surface area contributed by atoms with Gasteiger partial charge in [-0.3, -0.25) is 0 Å². The van der Waals surface area contributed by atoms with E-state index in [1.165, 1.54) is 44.9 Å². The molecule has 8 heteroatoms. The van der Waals surface area contributed by atoms with E-state index in [-0.39, 0.29) is 17.8 Å². The maximum atomic E-state index is 11.3. The Morgan fingerprint density at radius 1 is 0.271 bits per heavy atom. The first-order valence-electron chi connectivity index (χ1n) is 28.7. The van der Waals surface area contributed by atoms with Crippen LogP contribution in [0.25, 0.3) is 0 Å². The average molecular weight is 949 g/mol. The third kappa shape index (κ3) is 6.56. The van der Waals surface area contributed by atoms with Crippen molar-refractivity contribution in [2.75, 3.05) is 0 Å². The smallest absolute Gasteiger partial charge is 0.124 e. The number of hydrogen-bond donors (Lipinski definition) is 0. The molecule has 0 N–H and O–H groups in total. The van der Waals surface area contributed by atoms with Crippen molar-refractivity contribution in [2.45, 2.75) is 89.9 Å². The van der Waals surface area contributed by atoms with Gasteiger partial charge in [0, 0.05) is 49.9 Å². The maximum Gasteiger partial charge on any atom is 0.124 e. The molecule has 16 rings (SSSR count). The highest BCUT2D eigenvalue weighted by atomic mass is 16.1. The minimum Gasteiger partial charge on any atom is -0.303 e. The lowest BCUT2D eigenvalue weighted by molar-refractivity contribution is -0.123. The monoisotopic (exact) mass is 949 g/mol. The van der Waals surface area contributed by atoms with E-state index in [1.54, 1.807) is 0 Å². The standard InChI is InChI=1S/C17H22O2.C16H20O2.C15H18O2.C14H16O2/c18-6-1-2-12-13(5-7-19)15-9-14(12)16-10-3-4-11(8-10)17(15)16;17-5-3-11-12(4-6-18)14-8-13(11)15-9-1-2-10(7-9)16(14)15;16-4-3-10-11-6-12(13(10)7-17)15-9-2-1-8(5-9)14(11)15;15-5-11-9-4-10(12(11)6-16)14-8-2-1-7(3-8)13(9)14/h3-4,6-7,10-17H,1-2,5,8-9H2;1-2,5-6,9-16H,3-4,7-8H2;1-2,4,7-15H,3,5-6H2;1-2,5-14H,3-4H2. The van der Waals surface area contributed by atoms with Crippen LogP contribution in [0.2, 0.25) is 0 Å². The van der Waals surface area contributed by atoms with Crippen molar-refractivity contribution in [2.24, 2.45) is 189 Å². The number of aldehydes is 8. The molecule has 0 heterocycles. The lowest BCUT2D eigenvalue weighted by Gasteiger charge is -2.41. The van der Waals surface area contributed by atoms with Crippen LogP contribution in [0.5, 0.6) is 0 Å². The lowest BCUT2D eigenvalue weighted by atomic mass is 9.63. The normalized spacial score (nSPS) is 56.1. The predicted octanol–water partition coefficient (Wildman–Crippen LogP) is 9.16. The van der Waals surface area contributed by atoms with E-state index in [2.05, 4.69) is 48.6 Å². The molecule has 0 aliphatic heterocycles. The van der Waals surface area contributed by atoms with Crippen molar-refractivity contribution >= 4 is 50.3 Å². The highest BCUT2D eigenvalue weighted by molar-refractivity contribution is 5.68. The zero-order valence-corrected chi connectivity index (χ0v) is 40.9. The van der Waals surface area contributed by atoms with Gasteiger partial charge in [-0.05, 0) is 229 Å². The molecule has 70 heavy (non-hydrogen) atoms. The highest BCUT2D eigenvalue weighted by Crippen LogP contribution is 2.73. The second-order valence-corrected chi connectivity index (χ2v) is 26.5. The van der Waals surface area contributed by atoms with Gasteiger partial charge in [-0.25, -0.2) is 0 Å². The number of carbonyl (C=O) groups excluding carboxylic acids is 8. The van der Waals surface area contributed by atoms with Gasteiger partial charge >= 0.3 is 0 Å². The van der Waals surface area contributed by atoms with Crippen LogP contribution in [-0.2, 0) is 38.4 Å². The van der Waals surface area contributed by atoms with Crippen LogP contribution >= 0.6 is 0 Å². The first-order valence-corrected chi connectivity index (χ1v) is 28.7. The molecule has 372 valence electrons. The fraction of sp³-hybridized carbons (Fsp3) is 0.742. The Balaban J connectivity index is 0.0000000916. The van der Waals surface area contributed by atoms with Gasteiger partial charge in [0.1, 0.15) is 50.3 Å². The number of hydrogen-bond acceptors (Lipinski definition) is 8. The Bertz CT molecular complexity index is 2170. The van der Waals surface area contributed by atoms with Crippen LogP contribution in [0, 0.1) is 189 Å². The van der Waals surface area contributed by atoms with Crippen LogP contribution in [0.3, 0.4) is 0 Å². The molecular weight excluding hydrogens is 873 g/mol. The molecule has 16 aliphatic carbocycles. The summed E-state index contributed by atoms with van der Waals surface area (Å²) in [5.74, 6) is 20.8. The van der Waals surface area contributed by atoms with Gasteiger partial charge in [-0.1, -0.05) is 48.6 Å². The topological polar surface area (TPSA) is 137 Å². The first-order chi connectivity index (χ1) is 34.4. The molecule has 0 saturated heterocycles. The second kappa shape index (κ2) is 18.1. The fourth-order valence-corrected chi connectivity index (χ4v) is 24.0. The second-order valence-electron chi connectivity index (χ2n) is 26.5. The number of rotatable bonds is 14. The lowest BCUT2D eigenvalue weighted by Crippen LogP contribution is -2.38. The number of allylic oxidation sites excluding steroid dienone is 8. The van der Waals surface area contributed by atoms with E-state index in [1.807, 2.05) is 0 Å². The summed E-state index contributed by atoms with van der Waals surface area (Å²) in [5.41, 5.74) is 0. The van der Waals surface area contributed by atoms with Gasteiger partial charge in [0.2, 0.25) is 0 Å². The molecule has 0 spiro atoms. The Morgan fingerprint density at radius 3 is 0.857 bits per heavy atom. The summed E-state index contributed by atoms with van der Waals surface area (Å²) >= 11 is 0. The van der Waals surface area contributed by atoms with Gasteiger partial charge in [-0.15, -0.1) is 0 Å². The summed E-state index contributed by atoms with van der Waals surface area (Å²) in [6.07, 6.45) is 42.7. The van der Waals surface area contributed by atoms with Crippen molar-refractivity contribution in [3.8, 4) is 0 Å². The Kier molecular flexibility index (Phi) is 11.9. The van der Waals surface area contributed by atoms with Crippen LogP contribution in [0.1, 0.15) is 89.9 Å². The molecule has 0 aromatic rings. The largest absolute Gasteiger partial charge is 0.303 e. The molecule has 32 unspecified atom stereocenters. The summed E-state index contributed by atoms with van der Waals surface area (Å²) < 4.78 is 0. The third-order valence-electron chi connectivity index (χ3n) is 25.3. The molecular formula is C62H76O8. The van der Waals surface area contributed by atoms with Crippen molar-refractivity contribution in [1.29, 1.82) is 0 Å². The molecule has 32 atom stereocenters. The zero-order valence-electron chi connectivity index (χ0n) is 40.9. The minimum absolute atomic E-state index is 0.0384. The van der Waals surface area contributed by atoms with Gasteiger partial charge in [0.15, 0.2) is 0 Å². The number of carbonyl (C=O) groups is 8. The van der Waals surface area contributed by atoms with Crippen molar-refractivity contribution in [3.05, 3.63) is 48.6 Å². The zero-order chi connectivity index (χ0) is 47.7. The first kappa shape index (κ1) is 46.1. The van der Waals surface area contributed by atoms with Gasteiger partial charge < -0.3 is 38.4 Å². The molecule has 0 aromatic heterocycles. The van der Waals surface area contributed by atoms with E-state index < -0.39 is 0 Å². The maximum absolute atomic E-state index is 11.3. The van der Waals surface area contributed by atoms with Gasteiger partial charge in [0.25, 0.3) is 0 Å². The average Bonchev–Trinajstić information content (AvgIpc) is 4.20. The van der Waals surface area contributed by atoms with Crippen LogP contribution in [0.15, 0.2) is 48.6 Å². The molecule has 0 aromatic carbocycles. The number of fused-ring (bicyclic) bond motifs is 36. The van der Waals surface area contributed by atoms with Gasteiger partial charge in [0.05, 0.1) is 0 Å². The molecule has 16 bridgehead atoms. The van der Waals surface area contributed by atoms with Crippen molar-refractivity contribution in [3.63, 3.8) is 0 Å². The highest BCUT2D eigenvalue weighted by Gasteiger charge is 2.68. The molecule has 0 radical (unpaired) electrons. The summed E-state index contributed by atoms with van der Waals surface area (Å²) in [7, 11) is 0. The van der Waals surface area contributed by atoms with E-state index in [0.717, 1.165) is 188 Å². The van der Waals surface area contributed by atoms with Crippen molar-refractivity contribution in [1.82, 2.24) is 0 Å². The quantitative estimate of drug-likeness (QED) is 0.0956. The predicted molar refractivity (Wildman–Crippen MR) is 261 cm³/mol. The molecule has 0 amide bonds.